The fraction of sp³-hybridized carbons (Fsp3) is 0.333. The van der Waals surface area contributed by atoms with Crippen molar-refractivity contribution in [2.24, 2.45) is 0 Å². The van der Waals surface area contributed by atoms with Gasteiger partial charge in [-0.15, -0.1) is 0 Å². The lowest BCUT2D eigenvalue weighted by Gasteiger charge is -2.21. The Balaban J connectivity index is 1.33. The van der Waals surface area contributed by atoms with E-state index in [9.17, 15) is 19.2 Å². The lowest BCUT2D eigenvalue weighted by atomic mass is 10.1. The molecule has 0 aliphatic carbocycles. The van der Waals surface area contributed by atoms with Crippen LogP contribution in [-0.4, -0.2) is 94.1 Å². The number of hydrogen-bond donors (Lipinski definition) is 4. The molecule has 0 bridgehead atoms. The summed E-state index contributed by atoms with van der Waals surface area (Å²) >= 11 is 0. The first-order chi connectivity index (χ1) is 24.2. The van der Waals surface area contributed by atoms with E-state index in [0.29, 0.717) is 24.7 Å². The minimum absolute atomic E-state index is 0.151. The Labute approximate surface area is 291 Å². The molecule has 14 heteroatoms. The highest BCUT2D eigenvalue weighted by atomic mass is 16.5. The summed E-state index contributed by atoms with van der Waals surface area (Å²) in [4.78, 5) is 66.6. The maximum atomic E-state index is 12.6. The molecular weight excluding hydrogens is 640 g/mol. The maximum absolute atomic E-state index is 12.6. The summed E-state index contributed by atoms with van der Waals surface area (Å²) < 4.78 is 9.08. The van der Waals surface area contributed by atoms with Crippen LogP contribution in [0.5, 0.6) is 0 Å². The largest absolute Gasteiger partial charge is 0.453 e. The molecule has 0 saturated heterocycles. The van der Waals surface area contributed by atoms with Crippen molar-refractivity contribution >= 4 is 24.0 Å². The highest BCUT2D eigenvalue weighted by Crippen LogP contribution is 2.20. The van der Waals surface area contributed by atoms with Gasteiger partial charge in [0.05, 0.1) is 51.1 Å². The van der Waals surface area contributed by atoms with Crippen LogP contribution in [0.1, 0.15) is 49.5 Å². The zero-order valence-corrected chi connectivity index (χ0v) is 28.7. The summed E-state index contributed by atoms with van der Waals surface area (Å²) in [5.41, 5.74) is 5.18. The van der Waals surface area contributed by atoms with Gasteiger partial charge in [0.2, 0.25) is 11.8 Å². The van der Waals surface area contributed by atoms with Crippen molar-refractivity contribution in [3.8, 4) is 34.4 Å². The first-order valence-corrected chi connectivity index (χ1v) is 16.2. The number of ether oxygens (including phenoxy) is 2. The third-order valence-corrected chi connectivity index (χ3v) is 7.51. The molecule has 2 aromatic heterocycles. The van der Waals surface area contributed by atoms with Crippen LogP contribution in [0.3, 0.4) is 0 Å². The predicted octanol–water partition coefficient (Wildman–Crippen LogP) is 4.06. The van der Waals surface area contributed by atoms with E-state index in [4.69, 9.17) is 0 Å². The summed E-state index contributed by atoms with van der Waals surface area (Å²) in [5.74, 6) is 7.22. The highest BCUT2D eigenvalue weighted by molar-refractivity contribution is 5.82. The van der Waals surface area contributed by atoms with Crippen LogP contribution < -0.4 is 10.6 Å². The molecule has 4 N–H and O–H groups in total. The normalized spacial score (nSPS) is 10.4. The number of hydrogen-bond acceptors (Lipinski definition) is 8. The fourth-order valence-electron chi connectivity index (χ4n) is 4.94. The molecule has 0 spiro atoms. The zero-order chi connectivity index (χ0) is 35.9. The molecule has 14 nitrogen and oxygen atoms in total. The summed E-state index contributed by atoms with van der Waals surface area (Å²) in [6, 6.07) is 15.6. The molecular formula is C36H42N8O6. The van der Waals surface area contributed by atoms with Gasteiger partial charge in [0.1, 0.15) is 24.7 Å². The van der Waals surface area contributed by atoms with Gasteiger partial charge in [0.25, 0.3) is 0 Å². The number of rotatable bonds is 14. The van der Waals surface area contributed by atoms with Gasteiger partial charge in [-0.1, -0.05) is 50.0 Å². The van der Waals surface area contributed by atoms with Crippen LogP contribution >= 0.6 is 0 Å². The Bertz CT molecular complexity index is 1670. The van der Waals surface area contributed by atoms with Crippen molar-refractivity contribution in [1.82, 2.24) is 40.4 Å². The number of benzene rings is 2. The van der Waals surface area contributed by atoms with Gasteiger partial charge in [0, 0.05) is 24.2 Å². The van der Waals surface area contributed by atoms with E-state index in [-0.39, 0.29) is 38.0 Å². The molecule has 0 unspecified atom stereocenters. The number of methoxy groups -OCH3 is 2. The average molecular weight is 683 g/mol. The number of aromatic nitrogens is 4. The minimum Gasteiger partial charge on any atom is -0.453 e. The molecule has 4 aromatic rings. The summed E-state index contributed by atoms with van der Waals surface area (Å²) in [5, 5.41) is 4.85. The first kappa shape index (κ1) is 36.7. The highest BCUT2D eigenvalue weighted by Gasteiger charge is 2.18. The summed E-state index contributed by atoms with van der Waals surface area (Å²) in [6.45, 7) is 5.28. The summed E-state index contributed by atoms with van der Waals surface area (Å²) in [7, 11) is 2.50. The number of imidazole rings is 2. The monoisotopic (exact) mass is 682 g/mol. The van der Waals surface area contributed by atoms with Crippen molar-refractivity contribution in [3.63, 3.8) is 0 Å². The van der Waals surface area contributed by atoms with Crippen LogP contribution in [0.15, 0.2) is 60.9 Å². The van der Waals surface area contributed by atoms with E-state index in [1.165, 1.54) is 14.2 Å². The number of aromatic amines is 2. The lowest BCUT2D eigenvalue weighted by Crippen LogP contribution is -2.40. The van der Waals surface area contributed by atoms with Crippen molar-refractivity contribution in [1.29, 1.82) is 0 Å². The second-order valence-electron chi connectivity index (χ2n) is 11.2. The van der Waals surface area contributed by atoms with Gasteiger partial charge in [-0.2, -0.15) is 0 Å². The molecule has 0 saturated carbocycles. The third kappa shape index (κ3) is 10.7. The Morgan fingerprint density at radius 3 is 1.38 bits per heavy atom. The molecule has 0 atom stereocenters. The SMILES string of the molecule is CCCN(Cc1ncc(-c2ccc(C#Cc3ccc(-c4cnc(CN(CCC)C(=O)CNC(=O)OC)[nH]4)cc3)cc2)[nH]1)C(=O)CNC(=O)OC. The number of amides is 4. The van der Waals surface area contributed by atoms with E-state index >= 15 is 0 Å². The number of nitrogens with zero attached hydrogens (tertiary/aromatic N) is 4. The van der Waals surface area contributed by atoms with Gasteiger partial charge >= 0.3 is 12.2 Å². The Hall–Kier alpha value is -6.10. The van der Waals surface area contributed by atoms with Crippen molar-refractivity contribution < 1.29 is 28.7 Å². The molecule has 2 heterocycles. The topological polar surface area (TPSA) is 175 Å². The van der Waals surface area contributed by atoms with Crippen molar-refractivity contribution in [2.45, 2.75) is 39.8 Å². The molecule has 0 aliphatic heterocycles. The van der Waals surface area contributed by atoms with Gasteiger partial charge < -0.3 is 39.9 Å². The average Bonchev–Trinajstić information content (AvgIpc) is 3.82. The van der Waals surface area contributed by atoms with E-state index in [1.54, 1.807) is 22.2 Å². The standard InChI is InChI=1S/C36H42N8O6/c1-5-17-43(33(45)21-39-35(47)49-3)23-31-37-19-29(41-31)27-13-9-25(10-14-27)7-8-26-11-15-28(16-12-26)30-20-38-32(42-30)24-44(18-6-2)34(46)22-40-36(48)50-4/h9-16,19-20H,5-6,17-18,21-24H2,1-4H3,(H,37,41)(H,38,42)(H,39,47)(H,40,48). The smallest absolute Gasteiger partial charge is 0.407 e. The maximum Gasteiger partial charge on any atom is 0.407 e. The minimum atomic E-state index is -0.655. The van der Waals surface area contributed by atoms with Crippen LogP contribution in [0.25, 0.3) is 22.5 Å². The first-order valence-electron chi connectivity index (χ1n) is 16.2. The summed E-state index contributed by atoms with van der Waals surface area (Å²) in [6.07, 6.45) is 3.67. The molecule has 50 heavy (non-hydrogen) atoms. The molecule has 2 aromatic carbocycles. The van der Waals surface area contributed by atoms with E-state index in [2.05, 4.69) is 51.9 Å². The number of alkyl carbamates (subject to hydrolysis) is 2. The van der Waals surface area contributed by atoms with Crippen LogP contribution in [-0.2, 0) is 32.2 Å². The van der Waals surface area contributed by atoms with Gasteiger partial charge in [0.15, 0.2) is 0 Å². The number of carbonyl (C=O) groups excluding carboxylic acids is 4. The fourth-order valence-corrected chi connectivity index (χ4v) is 4.94. The quantitative estimate of drug-likeness (QED) is 0.144. The Morgan fingerprint density at radius 2 is 1.04 bits per heavy atom. The molecule has 0 radical (unpaired) electrons. The van der Waals surface area contributed by atoms with Gasteiger partial charge in [-0.05, 0) is 48.2 Å². The van der Waals surface area contributed by atoms with Gasteiger partial charge in [-0.3, -0.25) is 9.59 Å². The predicted molar refractivity (Wildman–Crippen MR) is 186 cm³/mol. The molecule has 0 aliphatic rings. The second kappa shape index (κ2) is 18.4. The zero-order valence-electron chi connectivity index (χ0n) is 28.7. The van der Waals surface area contributed by atoms with E-state index in [0.717, 1.165) is 46.5 Å². The molecule has 4 rings (SSSR count). The van der Waals surface area contributed by atoms with E-state index in [1.807, 2.05) is 62.4 Å². The third-order valence-electron chi connectivity index (χ3n) is 7.51. The van der Waals surface area contributed by atoms with Crippen molar-refractivity contribution in [2.75, 3.05) is 40.4 Å². The van der Waals surface area contributed by atoms with E-state index < -0.39 is 12.2 Å². The Kier molecular flexibility index (Phi) is 13.6. The molecule has 4 amide bonds. The number of nitrogens with one attached hydrogen (secondary N) is 4. The lowest BCUT2D eigenvalue weighted by molar-refractivity contribution is -0.131. The molecule has 0 fully saturated rings. The van der Waals surface area contributed by atoms with Crippen LogP contribution in [0.4, 0.5) is 9.59 Å². The Morgan fingerprint density at radius 1 is 0.660 bits per heavy atom. The van der Waals surface area contributed by atoms with Crippen LogP contribution in [0, 0.1) is 11.8 Å². The van der Waals surface area contributed by atoms with Gasteiger partial charge in [-0.25, -0.2) is 19.6 Å². The second-order valence-corrected chi connectivity index (χ2v) is 11.2. The number of carbonyl (C=O) groups is 4. The molecule has 262 valence electrons. The van der Waals surface area contributed by atoms with Crippen LogP contribution in [0.2, 0.25) is 0 Å². The van der Waals surface area contributed by atoms with Crippen molar-refractivity contribution in [3.05, 3.63) is 83.7 Å². The number of H-pyrrole nitrogens is 2.